The monoisotopic (exact) mass is 275 g/mol. The molecule has 2 heteroatoms. The number of halogens is 1. The van der Waals surface area contributed by atoms with Crippen LogP contribution in [-0.4, -0.2) is 9.64 Å². The highest BCUT2D eigenvalue weighted by atomic mass is 127. The largest absolute Gasteiger partial charge is 0.268 e. The molecule has 0 aliphatic carbocycles. The lowest BCUT2D eigenvalue weighted by molar-refractivity contribution is 0.686. The van der Waals surface area contributed by atoms with Crippen LogP contribution < -0.4 is 0 Å². The molecule has 1 atom stereocenters. The summed E-state index contributed by atoms with van der Waals surface area (Å²) in [6, 6.07) is 0. The average molecular weight is 275 g/mol. The standard InChI is InChI=1S/C10H14IN/c1-9(2)4-5-10(3,11)6-7-12-8-9/h4-8H,1-3H3/b5-4-,7-6-,12-8?. The second-order valence-corrected chi connectivity index (χ2v) is 6.22. The molecule has 1 heterocycles. The average Bonchev–Trinajstić information content (AvgIpc) is 1.94. The Morgan fingerprint density at radius 2 is 1.75 bits per heavy atom. The van der Waals surface area contributed by atoms with Gasteiger partial charge in [-0.2, -0.15) is 0 Å². The Labute approximate surface area is 87.8 Å². The Morgan fingerprint density at radius 1 is 1.08 bits per heavy atom. The number of aliphatic imine (C=N–C) groups is 1. The minimum Gasteiger partial charge on any atom is -0.268 e. The maximum Gasteiger partial charge on any atom is 0.0570 e. The Balaban J connectivity index is 2.97. The third-order valence-corrected chi connectivity index (χ3v) is 2.45. The number of hydrogen-bond donors (Lipinski definition) is 0. The minimum absolute atomic E-state index is 0.0805. The van der Waals surface area contributed by atoms with Crippen LogP contribution in [-0.2, 0) is 0 Å². The van der Waals surface area contributed by atoms with Crippen molar-refractivity contribution in [3.63, 3.8) is 0 Å². The zero-order valence-corrected chi connectivity index (χ0v) is 9.87. The zero-order valence-electron chi connectivity index (χ0n) is 7.71. The van der Waals surface area contributed by atoms with E-state index in [-0.39, 0.29) is 8.84 Å². The molecule has 1 nitrogen and oxygen atoms in total. The quantitative estimate of drug-likeness (QED) is 0.365. The molecule has 1 aliphatic heterocycles. The molecule has 66 valence electrons. The SMILES string of the molecule is CC1(C)C=N/C=C\C(C)(I)/C=C\1. The van der Waals surface area contributed by atoms with Crippen LogP contribution in [0.5, 0.6) is 0 Å². The molecule has 0 N–H and O–H groups in total. The summed E-state index contributed by atoms with van der Waals surface area (Å²) in [4.78, 5) is 4.22. The van der Waals surface area contributed by atoms with E-state index in [1.807, 2.05) is 12.4 Å². The minimum atomic E-state index is 0.0805. The highest BCUT2D eigenvalue weighted by Crippen LogP contribution is 2.26. The van der Waals surface area contributed by atoms with Gasteiger partial charge < -0.3 is 0 Å². The fourth-order valence-electron chi connectivity index (χ4n) is 0.900. The fraction of sp³-hybridized carbons (Fsp3) is 0.500. The second-order valence-electron chi connectivity index (χ2n) is 3.90. The summed E-state index contributed by atoms with van der Waals surface area (Å²) in [5, 5.41) is 0. The summed E-state index contributed by atoms with van der Waals surface area (Å²) < 4.78 is 0.104. The molecule has 0 aromatic carbocycles. The van der Waals surface area contributed by atoms with Crippen molar-refractivity contribution in [3.05, 3.63) is 24.4 Å². The van der Waals surface area contributed by atoms with Gasteiger partial charge in [-0.15, -0.1) is 0 Å². The van der Waals surface area contributed by atoms with E-state index >= 15 is 0 Å². The van der Waals surface area contributed by atoms with Crippen LogP contribution in [0.25, 0.3) is 0 Å². The van der Waals surface area contributed by atoms with Crippen LogP contribution in [0.2, 0.25) is 0 Å². The first-order valence-electron chi connectivity index (χ1n) is 4.03. The zero-order chi connectivity index (χ0) is 9.24. The number of hydrogen-bond acceptors (Lipinski definition) is 1. The summed E-state index contributed by atoms with van der Waals surface area (Å²) >= 11 is 2.40. The summed E-state index contributed by atoms with van der Waals surface area (Å²) in [6.45, 7) is 6.47. The van der Waals surface area contributed by atoms with Crippen molar-refractivity contribution in [2.45, 2.75) is 24.2 Å². The Morgan fingerprint density at radius 3 is 2.42 bits per heavy atom. The van der Waals surface area contributed by atoms with Crippen molar-refractivity contribution in [2.75, 3.05) is 0 Å². The third kappa shape index (κ3) is 3.09. The molecule has 0 saturated carbocycles. The van der Waals surface area contributed by atoms with Gasteiger partial charge >= 0.3 is 0 Å². The number of rotatable bonds is 0. The summed E-state index contributed by atoms with van der Waals surface area (Å²) in [7, 11) is 0. The maximum atomic E-state index is 4.22. The second kappa shape index (κ2) is 3.32. The van der Waals surface area contributed by atoms with Gasteiger partial charge in [-0.25, -0.2) is 0 Å². The molecule has 0 radical (unpaired) electrons. The number of allylic oxidation sites excluding steroid dienone is 3. The van der Waals surface area contributed by atoms with E-state index in [2.05, 4.69) is 66.6 Å². The molecule has 12 heavy (non-hydrogen) atoms. The topological polar surface area (TPSA) is 12.4 Å². The lowest BCUT2D eigenvalue weighted by Crippen LogP contribution is -2.14. The van der Waals surface area contributed by atoms with Gasteiger partial charge in [0.05, 0.1) is 3.42 Å². The Bertz CT molecular complexity index is 221. The number of nitrogens with zero attached hydrogens (tertiary/aromatic N) is 1. The molecule has 0 aromatic rings. The van der Waals surface area contributed by atoms with Gasteiger partial charge in [0.1, 0.15) is 0 Å². The third-order valence-electron chi connectivity index (χ3n) is 1.73. The predicted molar refractivity (Wildman–Crippen MR) is 63.0 cm³/mol. The summed E-state index contributed by atoms with van der Waals surface area (Å²) in [5.41, 5.74) is 0.0805. The molecule has 0 saturated heterocycles. The molecule has 0 amide bonds. The normalized spacial score (nSPS) is 38.3. The predicted octanol–water partition coefficient (Wildman–Crippen LogP) is 3.36. The molecule has 1 unspecified atom stereocenters. The van der Waals surface area contributed by atoms with Crippen molar-refractivity contribution >= 4 is 28.8 Å². The van der Waals surface area contributed by atoms with Crippen molar-refractivity contribution < 1.29 is 0 Å². The highest BCUT2D eigenvalue weighted by Gasteiger charge is 2.17. The molecule has 0 fully saturated rings. The first-order chi connectivity index (χ1) is 5.41. The van der Waals surface area contributed by atoms with Gasteiger partial charge in [-0.3, -0.25) is 4.99 Å². The first-order valence-corrected chi connectivity index (χ1v) is 5.11. The lowest BCUT2D eigenvalue weighted by Gasteiger charge is -2.19. The van der Waals surface area contributed by atoms with Crippen LogP contribution in [0.4, 0.5) is 0 Å². The molecule has 0 aromatic heterocycles. The van der Waals surface area contributed by atoms with E-state index in [0.29, 0.717) is 0 Å². The van der Waals surface area contributed by atoms with Gasteiger partial charge in [-0.1, -0.05) is 48.6 Å². The van der Waals surface area contributed by atoms with E-state index in [0.717, 1.165) is 0 Å². The van der Waals surface area contributed by atoms with E-state index in [9.17, 15) is 0 Å². The first kappa shape index (κ1) is 9.96. The van der Waals surface area contributed by atoms with E-state index in [1.54, 1.807) is 0 Å². The van der Waals surface area contributed by atoms with Crippen LogP contribution in [0.1, 0.15) is 20.8 Å². The van der Waals surface area contributed by atoms with E-state index in [4.69, 9.17) is 0 Å². The van der Waals surface area contributed by atoms with Crippen LogP contribution in [0.3, 0.4) is 0 Å². The van der Waals surface area contributed by atoms with Gasteiger partial charge in [0, 0.05) is 17.8 Å². The smallest absolute Gasteiger partial charge is 0.0570 e. The van der Waals surface area contributed by atoms with Gasteiger partial charge in [0.15, 0.2) is 0 Å². The lowest BCUT2D eigenvalue weighted by atomic mass is 9.92. The molecular weight excluding hydrogens is 261 g/mol. The maximum absolute atomic E-state index is 4.22. The molecule has 0 bridgehead atoms. The molecule has 1 rings (SSSR count). The van der Waals surface area contributed by atoms with Crippen molar-refractivity contribution in [1.82, 2.24) is 0 Å². The van der Waals surface area contributed by atoms with Crippen molar-refractivity contribution in [3.8, 4) is 0 Å². The van der Waals surface area contributed by atoms with Crippen LogP contribution in [0.15, 0.2) is 29.4 Å². The molecule has 0 spiro atoms. The van der Waals surface area contributed by atoms with Crippen molar-refractivity contribution in [2.24, 2.45) is 10.4 Å². The Kier molecular flexibility index (Phi) is 2.76. The fourth-order valence-corrected chi connectivity index (χ4v) is 1.24. The summed E-state index contributed by atoms with van der Waals surface area (Å²) in [6.07, 6.45) is 10.3. The highest BCUT2D eigenvalue weighted by molar-refractivity contribution is 14.1. The van der Waals surface area contributed by atoms with Gasteiger partial charge in [0.25, 0.3) is 0 Å². The van der Waals surface area contributed by atoms with E-state index < -0.39 is 0 Å². The van der Waals surface area contributed by atoms with Gasteiger partial charge in [0.2, 0.25) is 0 Å². The summed E-state index contributed by atoms with van der Waals surface area (Å²) in [5.74, 6) is 0. The van der Waals surface area contributed by atoms with Gasteiger partial charge in [-0.05, 0) is 13.0 Å². The Hall–Kier alpha value is -0.120. The molecular formula is C10H14IN. The van der Waals surface area contributed by atoms with Crippen LogP contribution in [0, 0.1) is 5.41 Å². The van der Waals surface area contributed by atoms with Crippen molar-refractivity contribution in [1.29, 1.82) is 0 Å². The molecule has 1 aliphatic rings. The van der Waals surface area contributed by atoms with Crippen LogP contribution >= 0.6 is 22.6 Å². The number of alkyl halides is 1. The van der Waals surface area contributed by atoms with E-state index in [1.165, 1.54) is 0 Å².